The molecule has 1 unspecified atom stereocenters. The monoisotopic (exact) mass is 330 g/mol. The summed E-state index contributed by atoms with van der Waals surface area (Å²) in [5.74, 6) is -0.103. The zero-order valence-corrected chi connectivity index (χ0v) is 12.4. The van der Waals surface area contributed by atoms with Crippen LogP contribution in [0.3, 0.4) is 0 Å². The Kier molecular flexibility index (Phi) is 3.34. The van der Waals surface area contributed by atoms with E-state index >= 15 is 0 Å². The molecular formula is C11H14N4O6S. The number of hydroxylamine groups is 2. The number of nitrogens with zero attached hydrogens (tertiary/aromatic N) is 4. The van der Waals surface area contributed by atoms with Gasteiger partial charge in [0.15, 0.2) is 0 Å². The molecule has 1 fully saturated rings. The Bertz CT molecular complexity index is 687. The first-order chi connectivity index (χ1) is 10.2. The van der Waals surface area contributed by atoms with E-state index in [9.17, 15) is 18.0 Å². The molecule has 11 heteroatoms. The van der Waals surface area contributed by atoms with Crippen molar-refractivity contribution in [2.75, 3.05) is 26.7 Å². The SMILES string of the molecule is CN1C=CN(C2=CC3CN(C2)C(=O)N3OS(=O)(=O)O)CC1=O. The summed E-state index contributed by atoms with van der Waals surface area (Å²) in [4.78, 5) is 28.3. The van der Waals surface area contributed by atoms with Crippen LogP contribution in [-0.2, 0) is 19.5 Å². The molecule has 1 N–H and O–H groups in total. The summed E-state index contributed by atoms with van der Waals surface area (Å²) in [5.41, 5.74) is 0.684. The van der Waals surface area contributed by atoms with E-state index in [0.29, 0.717) is 10.8 Å². The highest BCUT2D eigenvalue weighted by atomic mass is 32.3. The predicted molar refractivity (Wildman–Crippen MR) is 71.9 cm³/mol. The Hall–Kier alpha value is -2.11. The second kappa shape index (κ2) is 4.97. The normalized spacial score (nSPS) is 25.2. The predicted octanol–water partition coefficient (Wildman–Crippen LogP) is -1.03. The zero-order valence-electron chi connectivity index (χ0n) is 11.6. The van der Waals surface area contributed by atoms with Crippen molar-refractivity contribution < 1.29 is 26.8 Å². The highest BCUT2D eigenvalue weighted by Crippen LogP contribution is 2.27. The van der Waals surface area contributed by atoms with Crippen LogP contribution in [0.1, 0.15) is 0 Å². The molecule has 10 nitrogen and oxygen atoms in total. The molecule has 0 aromatic heterocycles. The third-order valence-electron chi connectivity index (χ3n) is 3.62. The topological polar surface area (TPSA) is 111 Å². The van der Waals surface area contributed by atoms with Gasteiger partial charge in [-0.25, -0.2) is 4.79 Å². The highest BCUT2D eigenvalue weighted by Gasteiger charge is 2.44. The van der Waals surface area contributed by atoms with Crippen molar-refractivity contribution in [2.45, 2.75) is 6.04 Å². The molecule has 3 heterocycles. The van der Waals surface area contributed by atoms with E-state index in [4.69, 9.17) is 4.55 Å². The number of carbonyl (C=O) groups excluding carboxylic acids is 2. The lowest BCUT2D eigenvalue weighted by Gasteiger charge is -2.32. The van der Waals surface area contributed by atoms with E-state index in [2.05, 4.69) is 4.28 Å². The number of urea groups is 1. The second-order valence-corrected chi connectivity index (χ2v) is 6.15. The van der Waals surface area contributed by atoms with Gasteiger partial charge < -0.3 is 14.7 Å². The molecule has 3 aliphatic heterocycles. The molecule has 22 heavy (non-hydrogen) atoms. The van der Waals surface area contributed by atoms with Gasteiger partial charge in [0.05, 0.1) is 6.54 Å². The third-order valence-corrected chi connectivity index (χ3v) is 3.97. The number of likely N-dealkylation sites (N-methyl/N-ethyl adjacent to an activating group) is 1. The van der Waals surface area contributed by atoms with Crippen LogP contribution in [-0.4, -0.2) is 77.4 Å². The average molecular weight is 330 g/mol. The summed E-state index contributed by atoms with van der Waals surface area (Å²) in [6.45, 7) is 0.609. The smallest absolute Gasteiger partial charge is 0.339 e. The van der Waals surface area contributed by atoms with E-state index in [1.807, 2.05) is 0 Å². The molecule has 120 valence electrons. The van der Waals surface area contributed by atoms with Gasteiger partial charge in [-0.1, -0.05) is 0 Å². The summed E-state index contributed by atoms with van der Waals surface area (Å²) in [6, 6.07) is -1.31. The number of hydrogen-bond donors (Lipinski definition) is 1. The van der Waals surface area contributed by atoms with Gasteiger partial charge in [-0.3, -0.25) is 9.35 Å². The van der Waals surface area contributed by atoms with E-state index in [-0.39, 0.29) is 25.5 Å². The van der Waals surface area contributed by atoms with Crippen molar-refractivity contribution in [2.24, 2.45) is 0 Å². The quantitative estimate of drug-likeness (QED) is 0.659. The van der Waals surface area contributed by atoms with Crippen LogP contribution in [0.2, 0.25) is 0 Å². The second-order valence-electron chi connectivity index (χ2n) is 5.15. The van der Waals surface area contributed by atoms with Gasteiger partial charge in [0.1, 0.15) is 12.6 Å². The minimum absolute atomic E-state index is 0.103. The Morgan fingerprint density at radius 1 is 1.27 bits per heavy atom. The lowest BCUT2D eigenvalue weighted by Crippen LogP contribution is -2.42. The Balaban J connectivity index is 1.83. The fourth-order valence-electron chi connectivity index (χ4n) is 2.53. The molecule has 0 aliphatic carbocycles. The lowest BCUT2D eigenvalue weighted by molar-refractivity contribution is -0.128. The molecule has 0 aromatic rings. The summed E-state index contributed by atoms with van der Waals surface area (Å²) in [6.07, 6.45) is 4.96. The average Bonchev–Trinajstić information content (AvgIpc) is 2.64. The molecule has 2 bridgehead atoms. The van der Waals surface area contributed by atoms with Gasteiger partial charge in [0, 0.05) is 31.7 Å². The van der Waals surface area contributed by atoms with Crippen LogP contribution in [0, 0.1) is 0 Å². The van der Waals surface area contributed by atoms with Gasteiger partial charge in [-0.15, -0.1) is 4.28 Å². The Morgan fingerprint density at radius 3 is 2.64 bits per heavy atom. The van der Waals surface area contributed by atoms with E-state index in [1.165, 1.54) is 9.80 Å². The standard InChI is InChI=1S/C11H14N4O6S/c1-12-2-3-13(7-10(12)16)8-4-9-6-14(5-8)11(17)15(9)21-22(18,19)20/h2-4,9H,5-7H2,1H3,(H,18,19,20). The maximum Gasteiger partial charge on any atom is 0.418 e. The molecule has 0 aromatic carbocycles. The summed E-state index contributed by atoms with van der Waals surface area (Å²) in [5, 5.41) is 0.615. The first kappa shape index (κ1) is 14.8. The maximum atomic E-state index is 12.0. The van der Waals surface area contributed by atoms with Gasteiger partial charge in [-0.2, -0.15) is 13.5 Å². The van der Waals surface area contributed by atoms with Crippen LogP contribution < -0.4 is 0 Å². The van der Waals surface area contributed by atoms with Crippen LogP contribution in [0.4, 0.5) is 4.79 Å². The van der Waals surface area contributed by atoms with E-state index in [1.54, 1.807) is 30.4 Å². The maximum absolute atomic E-state index is 12.0. The Labute approximate surface area is 126 Å². The molecule has 1 saturated heterocycles. The van der Waals surface area contributed by atoms with Gasteiger partial charge in [-0.05, 0) is 6.08 Å². The summed E-state index contributed by atoms with van der Waals surface area (Å²) >= 11 is 0. The number of carbonyl (C=O) groups is 2. The number of amides is 3. The number of rotatable bonds is 3. The molecule has 1 atom stereocenters. The van der Waals surface area contributed by atoms with Gasteiger partial charge >= 0.3 is 16.4 Å². The van der Waals surface area contributed by atoms with Crippen molar-refractivity contribution in [3.63, 3.8) is 0 Å². The van der Waals surface area contributed by atoms with Gasteiger partial charge in [0.25, 0.3) is 0 Å². The fourth-order valence-corrected chi connectivity index (χ4v) is 2.91. The van der Waals surface area contributed by atoms with Crippen molar-refractivity contribution in [3.05, 3.63) is 24.2 Å². The zero-order chi connectivity index (χ0) is 16.1. The van der Waals surface area contributed by atoms with Crippen molar-refractivity contribution in [3.8, 4) is 0 Å². The van der Waals surface area contributed by atoms with Crippen molar-refractivity contribution in [1.82, 2.24) is 19.8 Å². The molecule has 3 aliphatic rings. The van der Waals surface area contributed by atoms with E-state index < -0.39 is 22.5 Å². The molecule has 0 spiro atoms. The minimum Gasteiger partial charge on any atom is -0.339 e. The summed E-state index contributed by atoms with van der Waals surface area (Å²) in [7, 11) is -3.13. The molecule has 0 saturated carbocycles. The Morgan fingerprint density at radius 2 is 2.00 bits per heavy atom. The molecule has 0 radical (unpaired) electrons. The van der Waals surface area contributed by atoms with Gasteiger partial charge in [0.2, 0.25) is 5.91 Å². The van der Waals surface area contributed by atoms with Crippen LogP contribution in [0.5, 0.6) is 0 Å². The number of hydrogen-bond acceptors (Lipinski definition) is 6. The third kappa shape index (κ3) is 2.65. The van der Waals surface area contributed by atoms with Crippen molar-refractivity contribution >= 4 is 22.3 Å². The highest BCUT2D eigenvalue weighted by molar-refractivity contribution is 7.80. The summed E-state index contributed by atoms with van der Waals surface area (Å²) < 4.78 is 34.7. The van der Waals surface area contributed by atoms with Crippen LogP contribution >= 0.6 is 0 Å². The first-order valence-corrected chi connectivity index (χ1v) is 7.77. The van der Waals surface area contributed by atoms with E-state index in [0.717, 1.165) is 0 Å². The molecule has 3 amide bonds. The van der Waals surface area contributed by atoms with Crippen LogP contribution in [0.15, 0.2) is 24.2 Å². The van der Waals surface area contributed by atoms with Crippen molar-refractivity contribution in [1.29, 1.82) is 0 Å². The first-order valence-electron chi connectivity index (χ1n) is 6.41. The largest absolute Gasteiger partial charge is 0.418 e. The fraction of sp³-hybridized carbons (Fsp3) is 0.455. The lowest BCUT2D eigenvalue weighted by atomic mass is 10.1. The molecule has 3 rings (SSSR count). The molecular weight excluding hydrogens is 316 g/mol. The number of fused-ring (bicyclic) bond motifs is 2. The van der Waals surface area contributed by atoms with Crippen LogP contribution in [0.25, 0.3) is 0 Å². The minimum atomic E-state index is -4.78.